The lowest BCUT2D eigenvalue weighted by atomic mass is 9.97. The summed E-state index contributed by atoms with van der Waals surface area (Å²) in [5.74, 6) is -0.405. The summed E-state index contributed by atoms with van der Waals surface area (Å²) in [6.07, 6.45) is -1.78. The van der Waals surface area contributed by atoms with Gasteiger partial charge in [0.1, 0.15) is 24.9 Å². The first-order valence-electron chi connectivity index (χ1n) is 7.43. The van der Waals surface area contributed by atoms with Gasteiger partial charge in [0.2, 0.25) is 5.91 Å². The minimum Gasteiger partial charge on any atom is -0.394 e. The molecule has 0 unspecified atom stereocenters. The minimum atomic E-state index is -1.25. The van der Waals surface area contributed by atoms with Crippen molar-refractivity contribution < 1.29 is 24.5 Å². The van der Waals surface area contributed by atoms with Crippen molar-refractivity contribution in [1.29, 1.82) is 0 Å². The molecule has 2 rings (SSSR count). The number of carbonyl (C=O) groups excluding carboxylic acids is 1. The van der Waals surface area contributed by atoms with Crippen LogP contribution in [0.25, 0.3) is 0 Å². The Morgan fingerprint density at radius 1 is 1.54 bits per heavy atom. The maximum absolute atomic E-state index is 12.1. The molecule has 10 heteroatoms. The van der Waals surface area contributed by atoms with Crippen LogP contribution in [0, 0.1) is 6.92 Å². The van der Waals surface area contributed by atoms with Crippen LogP contribution in [0.3, 0.4) is 0 Å². The van der Waals surface area contributed by atoms with Crippen molar-refractivity contribution in [2.24, 2.45) is 0 Å². The first kappa shape index (κ1) is 18.3. The van der Waals surface area contributed by atoms with Crippen LogP contribution in [0.4, 0.5) is 0 Å². The third-order valence-corrected chi connectivity index (χ3v) is 3.95. The molecule has 0 spiro atoms. The number of aliphatic hydroxyl groups excluding tert-OH is 2. The Morgan fingerprint density at radius 2 is 2.25 bits per heavy atom. The molecule has 1 saturated heterocycles. The summed E-state index contributed by atoms with van der Waals surface area (Å²) < 4.78 is 12.0. The first-order chi connectivity index (χ1) is 11.4. The van der Waals surface area contributed by atoms with Crippen molar-refractivity contribution in [3.63, 3.8) is 0 Å². The van der Waals surface area contributed by atoms with Crippen molar-refractivity contribution in [3.05, 3.63) is 32.6 Å². The van der Waals surface area contributed by atoms with Crippen molar-refractivity contribution in [2.75, 3.05) is 26.9 Å². The summed E-state index contributed by atoms with van der Waals surface area (Å²) >= 11 is 0. The quantitative estimate of drug-likeness (QED) is 0.454. The first-order valence-corrected chi connectivity index (χ1v) is 7.43. The van der Waals surface area contributed by atoms with Gasteiger partial charge in [-0.25, -0.2) is 4.79 Å². The number of aromatic nitrogens is 2. The normalized spacial score (nSPS) is 27.0. The van der Waals surface area contributed by atoms with E-state index < -0.39 is 48.1 Å². The molecule has 4 atom stereocenters. The Kier molecular flexibility index (Phi) is 5.89. The Hall–Kier alpha value is -2.01. The third-order valence-electron chi connectivity index (χ3n) is 3.95. The van der Waals surface area contributed by atoms with Gasteiger partial charge in [-0.3, -0.25) is 19.1 Å². The average molecular weight is 343 g/mol. The van der Waals surface area contributed by atoms with Crippen LogP contribution in [0.1, 0.15) is 11.6 Å². The lowest BCUT2D eigenvalue weighted by Gasteiger charge is -2.39. The van der Waals surface area contributed by atoms with E-state index in [0.717, 1.165) is 0 Å². The highest BCUT2D eigenvalue weighted by Crippen LogP contribution is 2.26. The zero-order valence-corrected chi connectivity index (χ0v) is 13.4. The van der Waals surface area contributed by atoms with Gasteiger partial charge in [0.05, 0.1) is 19.3 Å². The maximum Gasteiger partial charge on any atom is 0.328 e. The summed E-state index contributed by atoms with van der Waals surface area (Å²) in [5, 5.41) is 22.0. The van der Waals surface area contributed by atoms with E-state index in [4.69, 9.17) is 9.47 Å². The van der Waals surface area contributed by atoms with Gasteiger partial charge in [0, 0.05) is 18.8 Å². The highest BCUT2D eigenvalue weighted by molar-refractivity contribution is 5.76. The van der Waals surface area contributed by atoms with Crippen molar-refractivity contribution >= 4 is 5.91 Å². The van der Waals surface area contributed by atoms with Gasteiger partial charge in [0.25, 0.3) is 5.56 Å². The van der Waals surface area contributed by atoms with E-state index >= 15 is 0 Å². The summed E-state index contributed by atoms with van der Waals surface area (Å²) in [5.41, 5.74) is -0.884. The topological polar surface area (TPSA) is 143 Å². The van der Waals surface area contributed by atoms with E-state index in [1.807, 2.05) is 0 Å². The Labute approximate surface area is 137 Å². The van der Waals surface area contributed by atoms with E-state index in [9.17, 15) is 24.6 Å². The van der Waals surface area contributed by atoms with Crippen molar-refractivity contribution in [1.82, 2.24) is 14.9 Å². The number of hydrogen-bond acceptors (Lipinski definition) is 7. The van der Waals surface area contributed by atoms with Crippen LogP contribution >= 0.6 is 0 Å². The molecular formula is C14H21N3O7. The summed E-state index contributed by atoms with van der Waals surface area (Å²) in [4.78, 5) is 37.2. The van der Waals surface area contributed by atoms with Crippen LogP contribution in [0.15, 0.2) is 15.8 Å². The molecule has 2 heterocycles. The number of nitrogens with one attached hydrogen (secondary N) is 2. The van der Waals surface area contributed by atoms with Gasteiger partial charge >= 0.3 is 5.69 Å². The van der Waals surface area contributed by atoms with E-state index in [2.05, 4.69) is 10.3 Å². The number of amides is 1. The lowest BCUT2D eigenvalue weighted by molar-refractivity contribution is -0.188. The number of aryl methyl sites for hydroxylation is 1. The SMILES string of the molecule is CNC(=O)CO[C@@H]1[C@H](O)[C@@H](CO)OC[C@H]1n1cc(C)c(=O)[nH]c1=O. The number of carbonyl (C=O) groups is 1. The molecule has 1 aliphatic rings. The zero-order valence-electron chi connectivity index (χ0n) is 13.4. The molecule has 1 aromatic heterocycles. The van der Waals surface area contributed by atoms with Crippen LogP contribution < -0.4 is 16.6 Å². The number of aromatic amines is 1. The lowest BCUT2D eigenvalue weighted by Crippen LogP contribution is -2.55. The molecule has 0 saturated carbocycles. The zero-order chi connectivity index (χ0) is 17.9. The molecule has 0 aromatic carbocycles. The molecule has 0 aliphatic carbocycles. The van der Waals surface area contributed by atoms with Gasteiger partial charge in [-0.15, -0.1) is 0 Å². The highest BCUT2D eigenvalue weighted by Gasteiger charge is 2.41. The fourth-order valence-corrected chi connectivity index (χ4v) is 2.54. The molecule has 0 radical (unpaired) electrons. The number of aliphatic hydroxyl groups is 2. The molecule has 10 nitrogen and oxygen atoms in total. The maximum atomic E-state index is 12.1. The van der Waals surface area contributed by atoms with Gasteiger partial charge in [0.15, 0.2) is 0 Å². The number of H-pyrrole nitrogens is 1. The monoisotopic (exact) mass is 343 g/mol. The molecule has 134 valence electrons. The number of ether oxygens (including phenoxy) is 2. The fourth-order valence-electron chi connectivity index (χ4n) is 2.54. The second kappa shape index (κ2) is 7.71. The molecular weight excluding hydrogens is 322 g/mol. The summed E-state index contributed by atoms with van der Waals surface area (Å²) in [6, 6.07) is -0.768. The standard InChI is InChI=1S/C14H21N3O7/c1-7-3-17(14(22)16-13(7)21)8-5-23-9(4-18)11(20)12(8)24-6-10(19)15-2/h3,8-9,11-12,18,20H,4-6H2,1-2H3,(H,15,19)(H,16,21,22)/t8-,9-,11-,12+/m1/s1. The molecule has 24 heavy (non-hydrogen) atoms. The van der Waals surface area contributed by atoms with Gasteiger partial charge in [-0.2, -0.15) is 0 Å². The van der Waals surface area contributed by atoms with Gasteiger partial charge in [-0.05, 0) is 6.92 Å². The number of rotatable bonds is 5. The highest BCUT2D eigenvalue weighted by atomic mass is 16.5. The predicted octanol–water partition coefficient (Wildman–Crippen LogP) is -2.73. The summed E-state index contributed by atoms with van der Waals surface area (Å²) in [6.45, 7) is 0.731. The Morgan fingerprint density at radius 3 is 2.88 bits per heavy atom. The van der Waals surface area contributed by atoms with E-state index in [-0.39, 0.29) is 13.2 Å². The number of nitrogens with zero attached hydrogens (tertiary/aromatic N) is 1. The molecule has 1 amide bonds. The smallest absolute Gasteiger partial charge is 0.328 e. The predicted molar refractivity (Wildman–Crippen MR) is 81.7 cm³/mol. The largest absolute Gasteiger partial charge is 0.394 e. The Balaban J connectivity index is 2.34. The van der Waals surface area contributed by atoms with Crippen molar-refractivity contribution in [2.45, 2.75) is 31.3 Å². The molecule has 1 aliphatic heterocycles. The third kappa shape index (κ3) is 3.73. The number of hydrogen-bond donors (Lipinski definition) is 4. The fraction of sp³-hybridized carbons (Fsp3) is 0.643. The second-order valence-electron chi connectivity index (χ2n) is 5.54. The van der Waals surface area contributed by atoms with E-state index in [1.54, 1.807) is 0 Å². The van der Waals surface area contributed by atoms with Crippen LogP contribution in [0.2, 0.25) is 0 Å². The number of likely N-dealkylation sites (N-methyl/N-ethyl adjacent to an activating group) is 1. The second-order valence-corrected chi connectivity index (χ2v) is 5.54. The van der Waals surface area contributed by atoms with Crippen LogP contribution in [0.5, 0.6) is 0 Å². The molecule has 1 fully saturated rings. The Bertz CT molecular complexity index is 698. The molecule has 0 bridgehead atoms. The molecule has 4 N–H and O–H groups in total. The van der Waals surface area contributed by atoms with Crippen LogP contribution in [-0.4, -0.2) is 70.9 Å². The van der Waals surface area contributed by atoms with Crippen LogP contribution in [-0.2, 0) is 14.3 Å². The van der Waals surface area contributed by atoms with Crippen molar-refractivity contribution in [3.8, 4) is 0 Å². The minimum absolute atomic E-state index is 0.0356. The molecule has 1 aromatic rings. The van der Waals surface area contributed by atoms with E-state index in [1.165, 1.54) is 24.7 Å². The summed E-state index contributed by atoms with van der Waals surface area (Å²) in [7, 11) is 1.44. The van der Waals surface area contributed by atoms with E-state index in [0.29, 0.717) is 5.56 Å². The average Bonchev–Trinajstić information content (AvgIpc) is 2.56. The van der Waals surface area contributed by atoms with Gasteiger partial charge in [-0.1, -0.05) is 0 Å². The van der Waals surface area contributed by atoms with Gasteiger partial charge < -0.3 is 25.0 Å².